The summed E-state index contributed by atoms with van der Waals surface area (Å²) < 4.78 is 21.1. The van der Waals surface area contributed by atoms with Gasteiger partial charge in [0.15, 0.2) is 11.6 Å². The van der Waals surface area contributed by atoms with Crippen molar-refractivity contribution in [2.24, 2.45) is 0 Å². The largest absolute Gasteiger partial charge is 0.462 e. The number of hydrogen-bond donors (Lipinski definition) is 0. The first-order valence-corrected chi connectivity index (χ1v) is 13.1. The number of hydrogen-bond acceptors (Lipinski definition) is 8. The Balaban J connectivity index is 2.07. The van der Waals surface area contributed by atoms with Crippen LogP contribution in [0.15, 0.2) is 48.6 Å². The van der Waals surface area contributed by atoms with E-state index in [1.165, 1.54) is 0 Å². The molecule has 0 aliphatic heterocycles. The standard InChI is InChI=1S/C30H42O8/c1-23(2)28(32)22-35-17-9-6-8-12-29(33)38-20-26-15-13-25(14-16-26)19-36-21-27(31)11-7-5-10-18-37-30(34)24(3)4/h13-16H,1,3,5-12,17-22H2,2,4H3. The predicted octanol–water partition coefficient (Wildman–Crippen LogP) is 5.22. The van der Waals surface area contributed by atoms with Crippen LogP contribution in [0, 0.1) is 0 Å². The Bertz CT molecular complexity index is 917. The quantitative estimate of drug-likeness (QED) is 0.114. The van der Waals surface area contributed by atoms with Gasteiger partial charge in [-0.15, -0.1) is 0 Å². The van der Waals surface area contributed by atoms with Crippen molar-refractivity contribution in [1.82, 2.24) is 0 Å². The van der Waals surface area contributed by atoms with E-state index in [4.69, 9.17) is 18.9 Å². The monoisotopic (exact) mass is 530 g/mol. The fraction of sp³-hybridized carbons (Fsp3) is 0.533. The summed E-state index contributed by atoms with van der Waals surface area (Å²) in [6, 6.07) is 7.52. The molecule has 0 aliphatic carbocycles. The second-order valence-electron chi connectivity index (χ2n) is 9.30. The first kappa shape index (κ1) is 32.9. The van der Waals surface area contributed by atoms with Crippen molar-refractivity contribution in [2.45, 2.75) is 78.4 Å². The lowest BCUT2D eigenvalue weighted by Gasteiger charge is -2.08. The normalized spacial score (nSPS) is 10.6. The highest BCUT2D eigenvalue weighted by atomic mass is 16.5. The highest BCUT2D eigenvalue weighted by Crippen LogP contribution is 2.10. The Labute approximate surface area is 226 Å². The van der Waals surface area contributed by atoms with Gasteiger partial charge in [-0.2, -0.15) is 0 Å². The number of carbonyl (C=O) groups excluding carboxylic acids is 4. The molecule has 8 nitrogen and oxygen atoms in total. The van der Waals surface area contributed by atoms with Crippen LogP contribution >= 0.6 is 0 Å². The molecule has 0 N–H and O–H groups in total. The second-order valence-corrected chi connectivity index (χ2v) is 9.30. The second kappa shape index (κ2) is 19.9. The maximum absolute atomic E-state index is 12.0. The van der Waals surface area contributed by atoms with Gasteiger partial charge in [0.2, 0.25) is 0 Å². The van der Waals surface area contributed by atoms with Gasteiger partial charge in [0.05, 0.1) is 13.2 Å². The number of rotatable bonds is 22. The van der Waals surface area contributed by atoms with Crippen LogP contribution in [0.5, 0.6) is 0 Å². The highest BCUT2D eigenvalue weighted by molar-refractivity contribution is 5.95. The van der Waals surface area contributed by atoms with Crippen molar-refractivity contribution in [3.05, 3.63) is 59.7 Å². The van der Waals surface area contributed by atoms with E-state index in [1.807, 2.05) is 24.3 Å². The zero-order valence-corrected chi connectivity index (χ0v) is 22.9. The number of benzene rings is 1. The van der Waals surface area contributed by atoms with Gasteiger partial charge in [0.1, 0.15) is 19.8 Å². The van der Waals surface area contributed by atoms with E-state index >= 15 is 0 Å². The third-order valence-electron chi connectivity index (χ3n) is 5.51. The SMILES string of the molecule is C=C(C)C(=O)COCCCCCC(=O)OCc1ccc(COCC(=O)CCCCCOC(=O)C(=C)C)cc1. The maximum atomic E-state index is 12.0. The molecule has 0 aliphatic rings. The average Bonchev–Trinajstić information content (AvgIpc) is 2.89. The summed E-state index contributed by atoms with van der Waals surface area (Å²) in [6.07, 6.45) is 5.32. The molecule has 0 aromatic heterocycles. The summed E-state index contributed by atoms with van der Waals surface area (Å²) in [5.74, 6) is -0.687. The molecule has 0 amide bonds. The molecule has 0 bridgehead atoms. The molecule has 0 heterocycles. The van der Waals surface area contributed by atoms with E-state index in [0.29, 0.717) is 56.7 Å². The van der Waals surface area contributed by atoms with Gasteiger partial charge < -0.3 is 18.9 Å². The summed E-state index contributed by atoms with van der Waals surface area (Å²) in [4.78, 5) is 46.5. The zero-order chi connectivity index (χ0) is 28.2. The molecule has 1 aromatic carbocycles. The summed E-state index contributed by atoms with van der Waals surface area (Å²) >= 11 is 0. The van der Waals surface area contributed by atoms with Crippen LogP contribution in [-0.4, -0.2) is 49.9 Å². The lowest BCUT2D eigenvalue weighted by Crippen LogP contribution is -2.10. The fourth-order valence-corrected chi connectivity index (χ4v) is 3.15. The third-order valence-corrected chi connectivity index (χ3v) is 5.51. The molecule has 1 aromatic rings. The van der Waals surface area contributed by atoms with Crippen LogP contribution in [-0.2, 0) is 51.3 Å². The smallest absolute Gasteiger partial charge is 0.333 e. The van der Waals surface area contributed by atoms with Crippen LogP contribution in [0.4, 0.5) is 0 Å². The van der Waals surface area contributed by atoms with Crippen LogP contribution in [0.25, 0.3) is 0 Å². The van der Waals surface area contributed by atoms with Gasteiger partial charge in [0.25, 0.3) is 0 Å². The Hall–Kier alpha value is -3.10. The minimum atomic E-state index is -0.386. The molecule has 0 unspecified atom stereocenters. The number of ether oxygens (including phenoxy) is 4. The minimum Gasteiger partial charge on any atom is -0.462 e. The van der Waals surface area contributed by atoms with Crippen molar-refractivity contribution in [3.63, 3.8) is 0 Å². The van der Waals surface area contributed by atoms with E-state index in [9.17, 15) is 19.2 Å². The molecule has 0 radical (unpaired) electrons. The third kappa shape index (κ3) is 16.6. The molecular weight excluding hydrogens is 488 g/mol. The Morgan fingerprint density at radius 1 is 0.658 bits per heavy atom. The Morgan fingerprint density at radius 3 is 1.89 bits per heavy atom. The number of unbranched alkanes of at least 4 members (excludes halogenated alkanes) is 4. The molecule has 8 heteroatoms. The fourth-order valence-electron chi connectivity index (χ4n) is 3.15. The van der Waals surface area contributed by atoms with Crippen LogP contribution in [0.2, 0.25) is 0 Å². The van der Waals surface area contributed by atoms with Gasteiger partial charge in [0, 0.05) is 25.0 Å². The number of esters is 2. The van der Waals surface area contributed by atoms with Crippen LogP contribution in [0.1, 0.15) is 76.3 Å². The minimum absolute atomic E-state index is 0.0397. The maximum Gasteiger partial charge on any atom is 0.333 e. The first-order chi connectivity index (χ1) is 18.2. The van der Waals surface area contributed by atoms with Crippen molar-refractivity contribution in [3.8, 4) is 0 Å². The van der Waals surface area contributed by atoms with Crippen molar-refractivity contribution < 1.29 is 38.1 Å². The summed E-state index contributed by atoms with van der Waals surface area (Å²) in [6.45, 7) is 11.8. The molecule has 0 saturated heterocycles. The van der Waals surface area contributed by atoms with E-state index in [0.717, 1.165) is 36.8 Å². The molecule has 0 atom stereocenters. The summed E-state index contributed by atoms with van der Waals surface area (Å²) in [7, 11) is 0. The number of ketones is 2. The molecule has 1 rings (SSSR count). The zero-order valence-electron chi connectivity index (χ0n) is 22.9. The van der Waals surface area contributed by atoms with Crippen molar-refractivity contribution >= 4 is 23.5 Å². The topological polar surface area (TPSA) is 105 Å². The predicted molar refractivity (Wildman–Crippen MR) is 144 cm³/mol. The van der Waals surface area contributed by atoms with E-state index < -0.39 is 0 Å². The summed E-state index contributed by atoms with van der Waals surface area (Å²) in [5.41, 5.74) is 2.68. The molecule has 0 saturated carbocycles. The van der Waals surface area contributed by atoms with Gasteiger partial charge in [-0.25, -0.2) is 4.79 Å². The number of carbonyl (C=O) groups is 4. The van der Waals surface area contributed by atoms with Gasteiger partial charge in [-0.05, 0) is 62.7 Å². The molecule has 210 valence electrons. The average molecular weight is 531 g/mol. The van der Waals surface area contributed by atoms with Gasteiger partial charge in [-0.1, -0.05) is 43.8 Å². The van der Waals surface area contributed by atoms with Gasteiger partial charge >= 0.3 is 11.9 Å². The van der Waals surface area contributed by atoms with E-state index in [2.05, 4.69) is 13.2 Å². The van der Waals surface area contributed by atoms with Crippen LogP contribution < -0.4 is 0 Å². The van der Waals surface area contributed by atoms with Crippen molar-refractivity contribution in [1.29, 1.82) is 0 Å². The van der Waals surface area contributed by atoms with Crippen LogP contribution in [0.3, 0.4) is 0 Å². The summed E-state index contributed by atoms with van der Waals surface area (Å²) in [5, 5.41) is 0. The molecule has 38 heavy (non-hydrogen) atoms. The van der Waals surface area contributed by atoms with E-state index in [1.54, 1.807) is 13.8 Å². The number of Topliss-reactive ketones (excluding diaryl/α,β-unsaturated/α-hetero) is 2. The molecular formula is C30H42O8. The Kier molecular flexibility index (Phi) is 17.3. The lowest BCUT2D eigenvalue weighted by atomic mass is 10.1. The van der Waals surface area contributed by atoms with Gasteiger partial charge in [-0.3, -0.25) is 14.4 Å². The van der Waals surface area contributed by atoms with Crippen molar-refractivity contribution in [2.75, 3.05) is 26.4 Å². The first-order valence-electron chi connectivity index (χ1n) is 13.1. The lowest BCUT2D eigenvalue weighted by molar-refractivity contribution is -0.145. The highest BCUT2D eigenvalue weighted by Gasteiger charge is 2.07. The molecule has 0 spiro atoms. The molecule has 0 fully saturated rings. The Morgan fingerprint density at radius 2 is 1.26 bits per heavy atom. The van der Waals surface area contributed by atoms with E-state index in [-0.39, 0.29) is 43.3 Å².